The fourth-order valence-electron chi connectivity index (χ4n) is 2.83. The lowest BCUT2D eigenvalue weighted by atomic mass is 9.85. The molecule has 2 rings (SSSR count). The highest BCUT2D eigenvalue weighted by atomic mass is 16.1. The van der Waals surface area contributed by atoms with Crippen molar-refractivity contribution in [3.8, 4) is 0 Å². The Hall–Kier alpha value is -2.16. The van der Waals surface area contributed by atoms with Gasteiger partial charge in [-0.2, -0.15) is 0 Å². The number of benzene rings is 1. The number of nitrogens with zero attached hydrogens (tertiary/aromatic N) is 1. The van der Waals surface area contributed by atoms with Crippen molar-refractivity contribution in [2.24, 2.45) is 11.7 Å². The molecule has 1 aromatic heterocycles. The van der Waals surface area contributed by atoms with Crippen LogP contribution in [0.4, 0.5) is 0 Å². The number of hydrogen-bond acceptors (Lipinski definition) is 2. The summed E-state index contributed by atoms with van der Waals surface area (Å²) in [4.78, 5) is 16.0. The molecule has 0 radical (unpaired) electrons. The summed E-state index contributed by atoms with van der Waals surface area (Å²) in [6, 6.07) is 11.8. The lowest BCUT2D eigenvalue weighted by molar-refractivity contribution is 0.0999. The Morgan fingerprint density at radius 1 is 1.18 bits per heavy atom. The van der Waals surface area contributed by atoms with Gasteiger partial charge in [0.2, 0.25) is 5.91 Å². The van der Waals surface area contributed by atoms with Crippen LogP contribution in [0.25, 0.3) is 0 Å². The van der Waals surface area contributed by atoms with E-state index in [0.29, 0.717) is 17.4 Å². The minimum atomic E-state index is -0.360. The highest BCUT2D eigenvalue weighted by Gasteiger charge is 2.17. The van der Waals surface area contributed by atoms with Crippen LogP contribution in [0.15, 0.2) is 42.6 Å². The van der Waals surface area contributed by atoms with Gasteiger partial charge in [0.25, 0.3) is 0 Å². The Balaban J connectivity index is 2.31. The second-order valence-corrected chi connectivity index (χ2v) is 6.28. The van der Waals surface area contributed by atoms with Crippen LogP contribution < -0.4 is 5.73 Å². The molecule has 0 spiro atoms. The van der Waals surface area contributed by atoms with Gasteiger partial charge in [-0.05, 0) is 54.9 Å². The first kappa shape index (κ1) is 16.2. The van der Waals surface area contributed by atoms with Gasteiger partial charge in [0, 0.05) is 17.5 Å². The molecule has 0 bridgehead atoms. The van der Waals surface area contributed by atoms with Gasteiger partial charge in [-0.1, -0.05) is 38.1 Å². The lowest BCUT2D eigenvalue weighted by Gasteiger charge is -2.20. The number of carbonyl (C=O) groups is 1. The van der Waals surface area contributed by atoms with E-state index in [0.717, 1.165) is 24.1 Å². The molecule has 0 aliphatic heterocycles. The van der Waals surface area contributed by atoms with Crippen molar-refractivity contribution in [3.63, 3.8) is 0 Å². The van der Waals surface area contributed by atoms with Crippen molar-refractivity contribution >= 4 is 5.91 Å². The number of hydrogen-bond donors (Lipinski definition) is 1. The van der Waals surface area contributed by atoms with E-state index < -0.39 is 0 Å². The largest absolute Gasteiger partial charge is 0.366 e. The molecule has 0 saturated carbocycles. The molecule has 1 amide bonds. The zero-order chi connectivity index (χ0) is 16.1. The van der Waals surface area contributed by atoms with Gasteiger partial charge >= 0.3 is 0 Å². The molecule has 1 atom stereocenters. The van der Waals surface area contributed by atoms with E-state index in [2.05, 4.69) is 24.9 Å². The Morgan fingerprint density at radius 2 is 1.91 bits per heavy atom. The molecule has 1 unspecified atom stereocenters. The third kappa shape index (κ3) is 4.17. The summed E-state index contributed by atoms with van der Waals surface area (Å²) in [5.74, 6) is 0.557. The lowest BCUT2D eigenvalue weighted by Crippen LogP contribution is -2.16. The molecule has 1 heterocycles. The van der Waals surface area contributed by atoms with Crippen molar-refractivity contribution in [3.05, 3.63) is 65.0 Å². The topological polar surface area (TPSA) is 56.0 Å². The predicted molar refractivity (Wildman–Crippen MR) is 89.8 cm³/mol. The Morgan fingerprint density at radius 3 is 2.50 bits per heavy atom. The molecule has 0 aliphatic carbocycles. The Bertz CT molecular complexity index is 632. The molecule has 1 aromatic carbocycles. The number of aryl methyl sites for hydroxylation is 1. The van der Waals surface area contributed by atoms with E-state index in [1.54, 1.807) is 6.07 Å². The molecule has 2 aromatic rings. The number of aromatic nitrogens is 1. The van der Waals surface area contributed by atoms with Crippen LogP contribution in [0.2, 0.25) is 0 Å². The van der Waals surface area contributed by atoms with Crippen LogP contribution in [0.3, 0.4) is 0 Å². The van der Waals surface area contributed by atoms with Gasteiger partial charge in [-0.15, -0.1) is 0 Å². The molecule has 116 valence electrons. The molecule has 0 aliphatic rings. The van der Waals surface area contributed by atoms with E-state index in [9.17, 15) is 4.79 Å². The van der Waals surface area contributed by atoms with Gasteiger partial charge in [0.05, 0.1) is 0 Å². The molecular formula is C19H24N2O. The minimum Gasteiger partial charge on any atom is -0.366 e. The summed E-state index contributed by atoms with van der Waals surface area (Å²) in [6.45, 7) is 6.42. The summed E-state index contributed by atoms with van der Waals surface area (Å²) in [6.07, 6.45) is 3.81. The summed E-state index contributed by atoms with van der Waals surface area (Å²) < 4.78 is 0. The highest BCUT2D eigenvalue weighted by molar-refractivity contribution is 5.94. The van der Waals surface area contributed by atoms with Crippen molar-refractivity contribution in [1.29, 1.82) is 0 Å². The van der Waals surface area contributed by atoms with E-state index in [1.165, 1.54) is 5.56 Å². The van der Waals surface area contributed by atoms with Crippen molar-refractivity contribution < 1.29 is 4.79 Å². The first-order valence-corrected chi connectivity index (χ1v) is 7.77. The monoisotopic (exact) mass is 296 g/mol. The zero-order valence-corrected chi connectivity index (χ0v) is 13.5. The minimum absolute atomic E-state index is 0.341. The maximum absolute atomic E-state index is 11.6. The quantitative estimate of drug-likeness (QED) is 0.880. The number of primary amides is 1. The molecule has 22 heavy (non-hydrogen) atoms. The molecular weight excluding hydrogens is 272 g/mol. The zero-order valence-electron chi connectivity index (χ0n) is 13.5. The van der Waals surface area contributed by atoms with Gasteiger partial charge in [-0.3, -0.25) is 9.78 Å². The smallest absolute Gasteiger partial charge is 0.248 e. The van der Waals surface area contributed by atoms with E-state index in [1.807, 2.05) is 37.4 Å². The van der Waals surface area contributed by atoms with E-state index >= 15 is 0 Å². The van der Waals surface area contributed by atoms with E-state index in [-0.39, 0.29) is 5.91 Å². The van der Waals surface area contributed by atoms with Gasteiger partial charge in [-0.25, -0.2) is 0 Å². The molecule has 3 nitrogen and oxygen atoms in total. The maximum Gasteiger partial charge on any atom is 0.248 e. The van der Waals surface area contributed by atoms with Crippen LogP contribution in [0, 0.1) is 12.8 Å². The third-order valence-corrected chi connectivity index (χ3v) is 3.91. The molecule has 3 heteroatoms. The second kappa shape index (κ2) is 7.21. The van der Waals surface area contributed by atoms with Crippen LogP contribution in [-0.2, 0) is 6.42 Å². The summed E-state index contributed by atoms with van der Waals surface area (Å²) in [7, 11) is 0. The summed E-state index contributed by atoms with van der Waals surface area (Å²) >= 11 is 0. The van der Waals surface area contributed by atoms with E-state index in [4.69, 9.17) is 5.73 Å². The number of nitrogens with two attached hydrogens (primary N) is 1. The summed E-state index contributed by atoms with van der Waals surface area (Å²) in [5, 5.41) is 0. The first-order valence-electron chi connectivity index (χ1n) is 7.77. The number of amides is 1. The number of rotatable bonds is 6. The predicted octanol–water partition coefficient (Wildman–Crippen LogP) is 3.86. The van der Waals surface area contributed by atoms with Gasteiger partial charge in [0.1, 0.15) is 0 Å². The Kier molecular flexibility index (Phi) is 5.31. The molecule has 0 fully saturated rings. The average Bonchev–Trinajstić information content (AvgIpc) is 2.47. The standard InChI is InChI=1S/C19H24N2O/c1-13(2)10-17(16-9-8-14(3)21-12-16)11-15-6-4-5-7-18(15)19(20)22/h4-9,12-13,17H,10-11H2,1-3H3,(H2,20,22). The average molecular weight is 296 g/mol. The highest BCUT2D eigenvalue weighted by Crippen LogP contribution is 2.28. The first-order chi connectivity index (χ1) is 10.5. The van der Waals surface area contributed by atoms with Crippen molar-refractivity contribution in [2.45, 2.75) is 39.5 Å². The van der Waals surface area contributed by atoms with Gasteiger partial charge < -0.3 is 5.73 Å². The van der Waals surface area contributed by atoms with Crippen LogP contribution in [-0.4, -0.2) is 10.9 Å². The maximum atomic E-state index is 11.6. The van der Waals surface area contributed by atoms with Crippen LogP contribution in [0.1, 0.15) is 53.4 Å². The van der Waals surface area contributed by atoms with Crippen LogP contribution in [0.5, 0.6) is 0 Å². The second-order valence-electron chi connectivity index (χ2n) is 6.28. The van der Waals surface area contributed by atoms with Gasteiger partial charge in [0.15, 0.2) is 0 Å². The van der Waals surface area contributed by atoms with Crippen molar-refractivity contribution in [1.82, 2.24) is 4.98 Å². The Labute approximate surface area is 132 Å². The summed E-state index contributed by atoms with van der Waals surface area (Å²) in [5.41, 5.74) is 9.37. The SMILES string of the molecule is Cc1ccc(C(Cc2ccccc2C(N)=O)CC(C)C)cn1. The number of carbonyl (C=O) groups excluding carboxylic acids is 1. The fraction of sp³-hybridized carbons (Fsp3) is 0.368. The molecule has 2 N–H and O–H groups in total. The fourth-order valence-corrected chi connectivity index (χ4v) is 2.83. The number of pyridine rings is 1. The molecule has 0 saturated heterocycles. The van der Waals surface area contributed by atoms with Crippen molar-refractivity contribution in [2.75, 3.05) is 0 Å². The normalized spacial score (nSPS) is 12.4. The van der Waals surface area contributed by atoms with Crippen LogP contribution >= 0.6 is 0 Å². The third-order valence-electron chi connectivity index (χ3n) is 3.91.